The fourth-order valence-corrected chi connectivity index (χ4v) is 2.10. The molecule has 3 rings (SSSR count). The van der Waals surface area contributed by atoms with Gasteiger partial charge in [-0.25, -0.2) is 4.98 Å². The summed E-state index contributed by atoms with van der Waals surface area (Å²) >= 11 is 0. The van der Waals surface area contributed by atoms with E-state index in [2.05, 4.69) is 4.98 Å². The van der Waals surface area contributed by atoms with Crippen LogP contribution in [-0.2, 0) is 6.61 Å². The van der Waals surface area contributed by atoms with Crippen molar-refractivity contribution in [3.8, 4) is 17.2 Å². The van der Waals surface area contributed by atoms with Gasteiger partial charge in [0.2, 0.25) is 0 Å². The zero-order chi connectivity index (χ0) is 17.5. The van der Waals surface area contributed by atoms with Gasteiger partial charge in [0.25, 0.3) is 0 Å². The summed E-state index contributed by atoms with van der Waals surface area (Å²) < 4.78 is 16.5. The molecule has 0 unspecified atom stereocenters. The Kier molecular flexibility index (Phi) is 5.11. The second-order valence-electron chi connectivity index (χ2n) is 5.13. The lowest BCUT2D eigenvalue weighted by atomic mass is 10.1. The predicted octanol–water partition coefficient (Wildman–Crippen LogP) is 3.89. The number of rotatable bonds is 7. The highest BCUT2D eigenvalue weighted by atomic mass is 16.5. The number of hydrogen-bond donors (Lipinski definition) is 2. The third-order valence-electron chi connectivity index (χ3n) is 3.35. The standard InChI is InChI=1S/C19H17N3O3/c20-10-9-19(21)14-1-3-16(4-2-14)25-17-7-5-15(6-8-17)23-12-18-11-22-13-24-18/h1-11,13,21H,12,20H2. The van der Waals surface area contributed by atoms with Crippen LogP contribution in [0.3, 0.4) is 0 Å². The average Bonchev–Trinajstić information content (AvgIpc) is 3.15. The fourth-order valence-electron chi connectivity index (χ4n) is 2.10. The molecule has 0 bridgehead atoms. The van der Waals surface area contributed by atoms with Gasteiger partial charge in [-0.1, -0.05) is 0 Å². The van der Waals surface area contributed by atoms with Gasteiger partial charge in [0, 0.05) is 0 Å². The minimum atomic E-state index is 0.324. The molecule has 0 atom stereocenters. The quantitative estimate of drug-likeness (QED) is 0.639. The van der Waals surface area contributed by atoms with E-state index < -0.39 is 0 Å². The Balaban J connectivity index is 1.58. The van der Waals surface area contributed by atoms with Gasteiger partial charge in [-0.05, 0) is 66.4 Å². The van der Waals surface area contributed by atoms with Crippen molar-refractivity contribution in [2.75, 3.05) is 0 Å². The minimum Gasteiger partial charge on any atom is -0.486 e. The highest BCUT2D eigenvalue weighted by Crippen LogP contribution is 2.24. The van der Waals surface area contributed by atoms with E-state index in [-0.39, 0.29) is 0 Å². The Morgan fingerprint density at radius 2 is 1.68 bits per heavy atom. The Morgan fingerprint density at radius 1 is 1.04 bits per heavy atom. The van der Waals surface area contributed by atoms with Crippen LogP contribution in [0.4, 0.5) is 0 Å². The maximum Gasteiger partial charge on any atom is 0.181 e. The van der Waals surface area contributed by atoms with Gasteiger partial charge in [0.1, 0.15) is 23.9 Å². The molecular weight excluding hydrogens is 318 g/mol. The molecule has 3 N–H and O–H groups in total. The van der Waals surface area contributed by atoms with Crippen molar-refractivity contribution in [3.05, 3.63) is 84.7 Å². The van der Waals surface area contributed by atoms with Gasteiger partial charge in [0.15, 0.2) is 12.2 Å². The van der Waals surface area contributed by atoms with Crippen LogP contribution in [0.5, 0.6) is 17.2 Å². The summed E-state index contributed by atoms with van der Waals surface area (Å²) in [6, 6.07) is 14.5. The number of oxazole rings is 1. The molecule has 3 aromatic rings. The Morgan fingerprint density at radius 3 is 2.28 bits per heavy atom. The van der Waals surface area contributed by atoms with Gasteiger partial charge < -0.3 is 25.0 Å². The van der Waals surface area contributed by atoms with Crippen LogP contribution in [-0.4, -0.2) is 10.7 Å². The van der Waals surface area contributed by atoms with Crippen LogP contribution in [0.1, 0.15) is 11.3 Å². The first-order chi connectivity index (χ1) is 12.2. The van der Waals surface area contributed by atoms with E-state index in [4.69, 9.17) is 25.0 Å². The molecule has 0 aliphatic rings. The van der Waals surface area contributed by atoms with Crippen LogP contribution < -0.4 is 15.2 Å². The molecule has 1 heterocycles. The summed E-state index contributed by atoms with van der Waals surface area (Å²) in [4.78, 5) is 3.83. The number of allylic oxidation sites excluding steroid dienone is 1. The van der Waals surface area contributed by atoms with Crippen LogP contribution in [0, 0.1) is 5.41 Å². The maximum atomic E-state index is 7.80. The van der Waals surface area contributed by atoms with Crippen molar-refractivity contribution in [2.45, 2.75) is 6.61 Å². The molecule has 0 aliphatic heterocycles. The second kappa shape index (κ2) is 7.83. The molecule has 0 spiro atoms. The molecule has 6 nitrogen and oxygen atoms in total. The molecular formula is C19H17N3O3. The van der Waals surface area contributed by atoms with Crippen LogP contribution in [0.15, 0.2) is 77.8 Å². The predicted molar refractivity (Wildman–Crippen MR) is 93.9 cm³/mol. The van der Waals surface area contributed by atoms with Crippen molar-refractivity contribution >= 4 is 5.71 Å². The number of benzene rings is 2. The molecule has 0 amide bonds. The lowest BCUT2D eigenvalue weighted by Crippen LogP contribution is -1.96. The topological polar surface area (TPSA) is 94.4 Å². The molecule has 0 saturated carbocycles. The van der Waals surface area contributed by atoms with Crippen molar-refractivity contribution in [1.82, 2.24) is 4.98 Å². The lowest BCUT2D eigenvalue weighted by Gasteiger charge is -2.08. The van der Waals surface area contributed by atoms with E-state index in [1.165, 1.54) is 18.7 Å². The Hall–Kier alpha value is -3.54. The summed E-state index contributed by atoms with van der Waals surface area (Å²) in [7, 11) is 0. The monoisotopic (exact) mass is 335 g/mol. The molecule has 0 saturated heterocycles. The van der Waals surface area contributed by atoms with Crippen molar-refractivity contribution in [1.29, 1.82) is 5.41 Å². The molecule has 6 heteroatoms. The molecule has 2 aromatic carbocycles. The van der Waals surface area contributed by atoms with Crippen LogP contribution in [0.25, 0.3) is 0 Å². The second-order valence-corrected chi connectivity index (χ2v) is 5.13. The minimum absolute atomic E-state index is 0.324. The summed E-state index contributed by atoms with van der Waals surface area (Å²) in [6.45, 7) is 0.324. The fraction of sp³-hybridized carbons (Fsp3) is 0.0526. The SMILES string of the molecule is N=C(C=CN)c1ccc(Oc2ccc(OCc3cnco3)cc2)cc1. The van der Waals surface area contributed by atoms with E-state index in [9.17, 15) is 0 Å². The number of nitrogens with zero attached hydrogens (tertiary/aromatic N) is 1. The molecule has 0 radical (unpaired) electrons. The lowest BCUT2D eigenvalue weighted by molar-refractivity contribution is 0.270. The van der Waals surface area contributed by atoms with Gasteiger partial charge in [0.05, 0.1) is 11.9 Å². The Labute approximate surface area is 145 Å². The normalized spacial score (nSPS) is 10.7. The van der Waals surface area contributed by atoms with Gasteiger partial charge in [-0.15, -0.1) is 0 Å². The zero-order valence-electron chi connectivity index (χ0n) is 13.4. The largest absolute Gasteiger partial charge is 0.486 e. The maximum absolute atomic E-state index is 7.80. The van der Waals surface area contributed by atoms with E-state index in [0.29, 0.717) is 35.3 Å². The van der Waals surface area contributed by atoms with Crippen molar-refractivity contribution < 1.29 is 13.9 Å². The van der Waals surface area contributed by atoms with Crippen molar-refractivity contribution in [2.24, 2.45) is 5.73 Å². The summed E-state index contributed by atoms with van der Waals surface area (Å²) in [5, 5.41) is 7.80. The first kappa shape index (κ1) is 16.3. The van der Waals surface area contributed by atoms with E-state index in [1.54, 1.807) is 6.20 Å². The number of nitrogens with one attached hydrogen (secondary N) is 1. The highest BCUT2D eigenvalue weighted by Gasteiger charge is 2.02. The van der Waals surface area contributed by atoms with E-state index in [1.807, 2.05) is 48.5 Å². The Bertz CT molecular complexity index is 839. The van der Waals surface area contributed by atoms with Crippen LogP contribution >= 0.6 is 0 Å². The number of hydrogen-bond acceptors (Lipinski definition) is 6. The number of nitrogens with two attached hydrogens (primary N) is 1. The highest BCUT2D eigenvalue weighted by molar-refractivity contribution is 6.06. The summed E-state index contributed by atoms with van der Waals surface area (Å²) in [6.07, 6.45) is 5.87. The first-order valence-corrected chi connectivity index (χ1v) is 7.60. The molecule has 25 heavy (non-hydrogen) atoms. The third-order valence-corrected chi connectivity index (χ3v) is 3.35. The van der Waals surface area contributed by atoms with Gasteiger partial charge >= 0.3 is 0 Å². The third kappa shape index (κ3) is 4.48. The van der Waals surface area contributed by atoms with Gasteiger partial charge in [-0.3, -0.25) is 0 Å². The van der Waals surface area contributed by atoms with E-state index >= 15 is 0 Å². The smallest absolute Gasteiger partial charge is 0.181 e. The molecule has 1 aromatic heterocycles. The molecule has 126 valence electrons. The average molecular weight is 335 g/mol. The zero-order valence-corrected chi connectivity index (χ0v) is 13.4. The number of aromatic nitrogens is 1. The molecule has 0 fully saturated rings. The number of ether oxygens (including phenoxy) is 2. The van der Waals surface area contributed by atoms with Gasteiger partial charge in [-0.2, -0.15) is 0 Å². The van der Waals surface area contributed by atoms with Crippen molar-refractivity contribution in [3.63, 3.8) is 0 Å². The molecule has 0 aliphatic carbocycles. The summed E-state index contributed by atoms with van der Waals surface area (Å²) in [5.41, 5.74) is 6.41. The van der Waals surface area contributed by atoms with E-state index in [0.717, 1.165) is 5.56 Å². The first-order valence-electron chi connectivity index (χ1n) is 7.60. The summed E-state index contributed by atoms with van der Waals surface area (Å²) in [5.74, 6) is 2.75. The van der Waals surface area contributed by atoms with Crippen LogP contribution in [0.2, 0.25) is 0 Å².